The number of carbonyl (C=O) groups is 1. The van der Waals surface area contributed by atoms with Crippen molar-refractivity contribution in [3.8, 4) is 0 Å². The normalized spacial score (nSPS) is 10.2. The standard InChI is InChI=1S/C10H15NO2/c1-2-3-4-6-11-7-5-9(8-11)10(12)13/h5,7-8H,2-4,6H2,1H3,(H,12,13). The van der Waals surface area contributed by atoms with Crippen LogP contribution in [0.5, 0.6) is 0 Å². The molecule has 1 aromatic heterocycles. The molecule has 0 saturated heterocycles. The maximum atomic E-state index is 10.5. The van der Waals surface area contributed by atoms with Gasteiger partial charge in [-0.1, -0.05) is 19.8 Å². The first-order valence-electron chi connectivity index (χ1n) is 4.63. The summed E-state index contributed by atoms with van der Waals surface area (Å²) in [4.78, 5) is 10.5. The van der Waals surface area contributed by atoms with Crippen molar-refractivity contribution >= 4 is 5.97 Å². The van der Waals surface area contributed by atoms with Gasteiger partial charge in [-0.3, -0.25) is 0 Å². The number of carboxylic acid groups (broad SMARTS) is 1. The van der Waals surface area contributed by atoms with Crippen molar-refractivity contribution in [2.24, 2.45) is 0 Å². The summed E-state index contributed by atoms with van der Waals surface area (Å²) in [6.07, 6.45) is 7.00. The number of hydrogen-bond acceptors (Lipinski definition) is 1. The summed E-state index contributed by atoms with van der Waals surface area (Å²) in [5.74, 6) is -0.853. The van der Waals surface area contributed by atoms with E-state index in [-0.39, 0.29) is 0 Å². The Hall–Kier alpha value is -1.25. The minimum absolute atomic E-state index is 0.372. The van der Waals surface area contributed by atoms with Crippen LogP contribution in [0, 0.1) is 0 Å². The molecule has 0 radical (unpaired) electrons. The van der Waals surface area contributed by atoms with E-state index in [1.807, 2.05) is 10.8 Å². The van der Waals surface area contributed by atoms with E-state index >= 15 is 0 Å². The van der Waals surface area contributed by atoms with Gasteiger partial charge in [0.2, 0.25) is 0 Å². The van der Waals surface area contributed by atoms with Crippen LogP contribution in [0.2, 0.25) is 0 Å². The molecule has 0 aromatic carbocycles. The Labute approximate surface area is 78.0 Å². The Morgan fingerprint density at radius 2 is 2.31 bits per heavy atom. The largest absolute Gasteiger partial charge is 0.478 e. The molecule has 1 aromatic rings. The number of rotatable bonds is 5. The van der Waals surface area contributed by atoms with Gasteiger partial charge in [-0.05, 0) is 12.5 Å². The fourth-order valence-corrected chi connectivity index (χ4v) is 1.25. The van der Waals surface area contributed by atoms with E-state index in [1.54, 1.807) is 12.3 Å². The summed E-state index contributed by atoms with van der Waals surface area (Å²) in [6, 6.07) is 1.63. The molecule has 72 valence electrons. The van der Waals surface area contributed by atoms with Crippen molar-refractivity contribution in [3.05, 3.63) is 24.0 Å². The predicted molar refractivity (Wildman–Crippen MR) is 50.9 cm³/mol. The minimum atomic E-state index is -0.853. The summed E-state index contributed by atoms with van der Waals surface area (Å²) in [5, 5.41) is 8.66. The molecule has 0 aliphatic carbocycles. The van der Waals surface area contributed by atoms with E-state index < -0.39 is 5.97 Å². The second-order valence-corrected chi connectivity index (χ2v) is 3.15. The quantitative estimate of drug-likeness (QED) is 0.708. The molecule has 0 unspecified atom stereocenters. The number of aryl methyl sites for hydroxylation is 1. The molecule has 0 spiro atoms. The van der Waals surface area contributed by atoms with Crippen molar-refractivity contribution < 1.29 is 9.90 Å². The number of hydrogen-bond donors (Lipinski definition) is 1. The van der Waals surface area contributed by atoms with Crippen molar-refractivity contribution in [2.45, 2.75) is 32.7 Å². The number of aromatic nitrogens is 1. The number of unbranched alkanes of at least 4 members (excludes halogenated alkanes) is 2. The molecule has 0 aliphatic rings. The number of nitrogens with zero attached hydrogens (tertiary/aromatic N) is 1. The third kappa shape index (κ3) is 2.93. The first-order valence-corrected chi connectivity index (χ1v) is 4.63. The summed E-state index contributed by atoms with van der Waals surface area (Å²) < 4.78 is 1.93. The van der Waals surface area contributed by atoms with Gasteiger partial charge in [0.1, 0.15) is 0 Å². The Bertz CT molecular complexity index is 278. The lowest BCUT2D eigenvalue weighted by atomic mass is 10.2. The molecular formula is C10H15NO2. The Morgan fingerprint density at radius 3 is 2.85 bits per heavy atom. The highest BCUT2D eigenvalue weighted by Crippen LogP contribution is 2.04. The summed E-state index contributed by atoms with van der Waals surface area (Å²) in [7, 11) is 0. The molecule has 0 atom stereocenters. The monoisotopic (exact) mass is 181 g/mol. The van der Waals surface area contributed by atoms with Gasteiger partial charge in [0.25, 0.3) is 0 Å². The van der Waals surface area contributed by atoms with E-state index in [0.717, 1.165) is 13.0 Å². The van der Waals surface area contributed by atoms with Gasteiger partial charge in [0.15, 0.2) is 0 Å². The molecule has 3 heteroatoms. The van der Waals surface area contributed by atoms with Crippen LogP contribution in [-0.2, 0) is 6.54 Å². The zero-order valence-corrected chi connectivity index (χ0v) is 7.86. The zero-order chi connectivity index (χ0) is 9.68. The zero-order valence-electron chi connectivity index (χ0n) is 7.86. The molecule has 0 fully saturated rings. The van der Waals surface area contributed by atoms with Crippen LogP contribution in [0.4, 0.5) is 0 Å². The molecule has 3 nitrogen and oxygen atoms in total. The average molecular weight is 181 g/mol. The third-order valence-corrected chi connectivity index (χ3v) is 2.02. The number of carboxylic acids is 1. The molecule has 1 heterocycles. The molecule has 1 N–H and O–H groups in total. The first-order chi connectivity index (χ1) is 6.24. The molecule has 0 saturated carbocycles. The van der Waals surface area contributed by atoms with Gasteiger partial charge in [-0.2, -0.15) is 0 Å². The lowest BCUT2D eigenvalue weighted by molar-refractivity contribution is 0.0697. The summed E-state index contributed by atoms with van der Waals surface area (Å²) in [6.45, 7) is 3.07. The van der Waals surface area contributed by atoms with Crippen LogP contribution in [0.25, 0.3) is 0 Å². The van der Waals surface area contributed by atoms with Gasteiger partial charge < -0.3 is 9.67 Å². The highest BCUT2D eigenvalue weighted by molar-refractivity contribution is 5.87. The predicted octanol–water partition coefficient (Wildman–Crippen LogP) is 2.38. The third-order valence-electron chi connectivity index (χ3n) is 2.02. The summed E-state index contributed by atoms with van der Waals surface area (Å²) in [5.41, 5.74) is 0.372. The fourth-order valence-electron chi connectivity index (χ4n) is 1.25. The van der Waals surface area contributed by atoms with Crippen molar-refractivity contribution in [1.82, 2.24) is 4.57 Å². The van der Waals surface area contributed by atoms with E-state index in [4.69, 9.17) is 5.11 Å². The van der Waals surface area contributed by atoms with E-state index in [2.05, 4.69) is 6.92 Å². The van der Waals surface area contributed by atoms with Crippen molar-refractivity contribution in [3.63, 3.8) is 0 Å². The molecule has 0 aliphatic heterocycles. The maximum Gasteiger partial charge on any atom is 0.337 e. The molecule has 0 bridgehead atoms. The van der Waals surface area contributed by atoms with E-state index in [0.29, 0.717) is 5.56 Å². The lowest BCUT2D eigenvalue weighted by Gasteiger charge is -2.00. The van der Waals surface area contributed by atoms with Gasteiger partial charge in [-0.25, -0.2) is 4.79 Å². The second kappa shape index (κ2) is 4.70. The second-order valence-electron chi connectivity index (χ2n) is 3.15. The molecule has 0 amide bonds. The van der Waals surface area contributed by atoms with E-state index in [1.165, 1.54) is 12.8 Å². The SMILES string of the molecule is CCCCCn1ccc(C(=O)O)c1. The van der Waals surface area contributed by atoms with Gasteiger partial charge in [0.05, 0.1) is 5.56 Å². The van der Waals surface area contributed by atoms with Crippen molar-refractivity contribution in [1.29, 1.82) is 0 Å². The topological polar surface area (TPSA) is 42.2 Å². The van der Waals surface area contributed by atoms with Crippen LogP contribution in [-0.4, -0.2) is 15.6 Å². The highest BCUT2D eigenvalue weighted by Gasteiger charge is 2.03. The Morgan fingerprint density at radius 1 is 1.54 bits per heavy atom. The van der Waals surface area contributed by atoms with Gasteiger partial charge in [-0.15, -0.1) is 0 Å². The number of aromatic carboxylic acids is 1. The summed E-state index contributed by atoms with van der Waals surface area (Å²) >= 11 is 0. The molecule has 1 rings (SSSR count). The highest BCUT2D eigenvalue weighted by atomic mass is 16.4. The van der Waals surface area contributed by atoms with Gasteiger partial charge in [0, 0.05) is 18.9 Å². The van der Waals surface area contributed by atoms with Crippen LogP contribution in [0.1, 0.15) is 36.5 Å². The Kier molecular flexibility index (Phi) is 3.55. The van der Waals surface area contributed by atoms with E-state index in [9.17, 15) is 4.79 Å². The first kappa shape index (κ1) is 9.84. The van der Waals surface area contributed by atoms with Gasteiger partial charge >= 0.3 is 5.97 Å². The smallest absolute Gasteiger partial charge is 0.337 e. The average Bonchev–Trinajstić information content (AvgIpc) is 2.53. The minimum Gasteiger partial charge on any atom is -0.478 e. The molecular weight excluding hydrogens is 166 g/mol. The fraction of sp³-hybridized carbons (Fsp3) is 0.500. The lowest BCUT2D eigenvalue weighted by Crippen LogP contribution is -1.96. The van der Waals surface area contributed by atoms with Crippen molar-refractivity contribution in [2.75, 3.05) is 0 Å². The maximum absolute atomic E-state index is 10.5. The van der Waals surface area contributed by atoms with Crippen LogP contribution < -0.4 is 0 Å². The molecule has 13 heavy (non-hydrogen) atoms. The van der Waals surface area contributed by atoms with Crippen LogP contribution >= 0.6 is 0 Å². The Balaban J connectivity index is 2.44. The van der Waals surface area contributed by atoms with Crippen LogP contribution in [0.15, 0.2) is 18.5 Å². The van der Waals surface area contributed by atoms with Crippen LogP contribution in [0.3, 0.4) is 0 Å².